The molecule has 1 amide bonds. The molecule has 1 N–H and O–H groups in total. The van der Waals surface area contributed by atoms with E-state index in [4.69, 9.17) is 16.3 Å². The lowest BCUT2D eigenvalue weighted by atomic mass is 10.2. The third-order valence-electron chi connectivity index (χ3n) is 2.63. The number of amides is 1. The fraction of sp³-hybridized carbons (Fsp3) is 0.133. The number of nitrogens with one attached hydrogen (secondary N) is 1. The fourth-order valence-electron chi connectivity index (χ4n) is 1.59. The van der Waals surface area contributed by atoms with Crippen molar-refractivity contribution in [3.05, 3.63) is 57.5 Å². The van der Waals surface area contributed by atoms with E-state index in [-0.39, 0.29) is 12.5 Å². The summed E-state index contributed by atoms with van der Waals surface area (Å²) >= 11 is 9.19. The molecule has 0 heterocycles. The number of rotatable bonds is 4. The summed E-state index contributed by atoms with van der Waals surface area (Å²) in [5.74, 6) is 0.449. The van der Waals surface area contributed by atoms with Crippen molar-refractivity contribution in [2.75, 3.05) is 11.9 Å². The van der Waals surface area contributed by atoms with Gasteiger partial charge < -0.3 is 10.1 Å². The Labute approximate surface area is 131 Å². The maximum atomic E-state index is 11.7. The van der Waals surface area contributed by atoms with Crippen molar-refractivity contribution >= 4 is 39.1 Å². The van der Waals surface area contributed by atoms with Gasteiger partial charge in [0, 0.05) is 15.2 Å². The number of halogens is 2. The van der Waals surface area contributed by atoms with Crippen LogP contribution in [0.4, 0.5) is 5.69 Å². The van der Waals surface area contributed by atoms with Gasteiger partial charge in [0.25, 0.3) is 5.91 Å². The Bertz CT molecular complexity index is 614. The minimum atomic E-state index is -0.215. The smallest absolute Gasteiger partial charge is 0.262 e. The molecule has 0 aliphatic heterocycles. The molecule has 0 saturated carbocycles. The summed E-state index contributed by atoms with van der Waals surface area (Å²) in [6.07, 6.45) is 0. The Morgan fingerprint density at radius 3 is 2.60 bits per heavy atom. The maximum absolute atomic E-state index is 11.7. The van der Waals surface area contributed by atoms with Gasteiger partial charge in [-0.15, -0.1) is 0 Å². The molecule has 0 aliphatic rings. The van der Waals surface area contributed by atoms with Crippen LogP contribution in [-0.4, -0.2) is 12.5 Å². The monoisotopic (exact) mass is 353 g/mol. The lowest BCUT2D eigenvalue weighted by Gasteiger charge is -2.08. The first kappa shape index (κ1) is 14.9. The summed E-state index contributed by atoms with van der Waals surface area (Å²) < 4.78 is 6.45. The minimum absolute atomic E-state index is 0.0380. The van der Waals surface area contributed by atoms with E-state index in [1.165, 1.54) is 0 Å². The van der Waals surface area contributed by atoms with Crippen LogP contribution in [0.25, 0.3) is 0 Å². The first-order valence-corrected chi connectivity index (χ1v) is 7.16. The lowest BCUT2D eigenvalue weighted by molar-refractivity contribution is -0.118. The highest BCUT2D eigenvalue weighted by Gasteiger charge is 2.04. The first-order chi connectivity index (χ1) is 9.54. The van der Waals surface area contributed by atoms with Crippen LogP contribution >= 0.6 is 27.5 Å². The first-order valence-electron chi connectivity index (χ1n) is 5.99. The summed E-state index contributed by atoms with van der Waals surface area (Å²) in [6.45, 7) is 1.93. The zero-order chi connectivity index (χ0) is 14.5. The van der Waals surface area contributed by atoms with Crippen molar-refractivity contribution in [2.45, 2.75) is 6.92 Å². The van der Waals surface area contributed by atoms with E-state index in [9.17, 15) is 4.79 Å². The summed E-state index contributed by atoms with van der Waals surface area (Å²) in [7, 11) is 0. The molecule has 3 nitrogen and oxygen atoms in total. The molecule has 0 unspecified atom stereocenters. The number of anilines is 1. The highest BCUT2D eigenvalue weighted by molar-refractivity contribution is 9.10. The van der Waals surface area contributed by atoms with Crippen LogP contribution < -0.4 is 10.1 Å². The van der Waals surface area contributed by atoms with E-state index in [1.54, 1.807) is 24.3 Å². The Morgan fingerprint density at radius 2 is 1.95 bits per heavy atom. The number of ether oxygens (including phenoxy) is 1. The van der Waals surface area contributed by atoms with Crippen molar-refractivity contribution in [3.63, 3.8) is 0 Å². The lowest BCUT2D eigenvalue weighted by Crippen LogP contribution is -2.20. The molecule has 0 aromatic heterocycles. The number of aryl methyl sites for hydroxylation is 1. The zero-order valence-electron chi connectivity index (χ0n) is 10.8. The fourth-order valence-corrected chi connectivity index (χ4v) is 1.96. The molecule has 20 heavy (non-hydrogen) atoms. The molecule has 0 atom stereocenters. The molecule has 5 heteroatoms. The molecule has 0 fully saturated rings. The molecule has 2 rings (SSSR count). The van der Waals surface area contributed by atoms with Crippen molar-refractivity contribution in [3.8, 4) is 5.75 Å². The van der Waals surface area contributed by atoms with Gasteiger partial charge in [-0.1, -0.05) is 27.5 Å². The molecule has 0 saturated heterocycles. The van der Waals surface area contributed by atoms with E-state index in [1.807, 2.05) is 25.1 Å². The number of benzene rings is 2. The molecular weight excluding hydrogens is 342 g/mol. The van der Waals surface area contributed by atoms with Gasteiger partial charge in [-0.05, 0) is 55.0 Å². The average molecular weight is 355 g/mol. The van der Waals surface area contributed by atoms with E-state index in [0.29, 0.717) is 16.5 Å². The van der Waals surface area contributed by atoms with Crippen LogP contribution in [0.3, 0.4) is 0 Å². The summed E-state index contributed by atoms with van der Waals surface area (Å²) in [4.78, 5) is 11.7. The van der Waals surface area contributed by atoms with Crippen molar-refractivity contribution in [1.82, 2.24) is 0 Å². The minimum Gasteiger partial charge on any atom is -0.484 e. The third kappa shape index (κ3) is 4.25. The van der Waals surface area contributed by atoms with Crippen molar-refractivity contribution < 1.29 is 9.53 Å². The quantitative estimate of drug-likeness (QED) is 0.882. The van der Waals surface area contributed by atoms with Crippen LogP contribution in [0.15, 0.2) is 46.9 Å². The second-order valence-electron chi connectivity index (χ2n) is 4.25. The van der Waals surface area contributed by atoms with Gasteiger partial charge in [0.15, 0.2) is 6.61 Å². The van der Waals surface area contributed by atoms with Gasteiger partial charge in [-0.25, -0.2) is 0 Å². The normalized spacial score (nSPS) is 10.2. The molecule has 0 spiro atoms. The molecule has 104 valence electrons. The van der Waals surface area contributed by atoms with Crippen molar-refractivity contribution in [2.24, 2.45) is 0 Å². The maximum Gasteiger partial charge on any atom is 0.262 e. The Balaban J connectivity index is 1.88. The zero-order valence-corrected chi connectivity index (χ0v) is 13.2. The SMILES string of the molecule is Cc1cc(OCC(=O)Nc2ccc(Cl)cc2)ccc1Br. The van der Waals surface area contributed by atoms with Gasteiger partial charge in [-0.2, -0.15) is 0 Å². The average Bonchev–Trinajstić information content (AvgIpc) is 2.43. The van der Waals surface area contributed by atoms with Crippen LogP contribution in [0, 0.1) is 6.92 Å². The van der Waals surface area contributed by atoms with Gasteiger partial charge >= 0.3 is 0 Å². The van der Waals surface area contributed by atoms with Crippen LogP contribution in [0.2, 0.25) is 5.02 Å². The van der Waals surface area contributed by atoms with Gasteiger partial charge in [0.2, 0.25) is 0 Å². The molecule has 0 bridgehead atoms. The largest absolute Gasteiger partial charge is 0.484 e. The summed E-state index contributed by atoms with van der Waals surface area (Å²) in [6, 6.07) is 12.5. The summed E-state index contributed by atoms with van der Waals surface area (Å²) in [5, 5.41) is 3.36. The second kappa shape index (κ2) is 6.77. The Morgan fingerprint density at radius 1 is 1.25 bits per heavy atom. The van der Waals surface area contributed by atoms with Crippen LogP contribution in [0.5, 0.6) is 5.75 Å². The molecule has 2 aromatic rings. The molecular formula is C15H13BrClNO2. The number of carbonyl (C=O) groups excluding carboxylic acids is 1. The predicted molar refractivity (Wildman–Crippen MR) is 84.5 cm³/mol. The van der Waals surface area contributed by atoms with Gasteiger partial charge in [0.1, 0.15) is 5.75 Å². The second-order valence-corrected chi connectivity index (χ2v) is 5.55. The Hall–Kier alpha value is -1.52. The molecule has 0 radical (unpaired) electrons. The third-order valence-corrected chi connectivity index (χ3v) is 3.77. The summed E-state index contributed by atoms with van der Waals surface area (Å²) in [5.41, 5.74) is 1.75. The van der Waals surface area contributed by atoms with Crippen LogP contribution in [-0.2, 0) is 4.79 Å². The predicted octanol–water partition coefficient (Wildman–Crippen LogP) is 4.43. The highest BCUT2D eigenvalue weighted by atomic mass is 79.9. The standard InChI is InChI=1S/C15H13BrClNO2/c1-10-8-13(6-7-14(10)16)20-9-15(19)18-12-4-2-11(17)3-5-12/h2-8H,9H2,1H3,(H,18,19). The van der Waals surface area contributed by atoms with E-state index < -0.39 is 0 Å². The number of hydrogen-bond acceptors (Lipinski definition) is 2. The van der Waals surface area contributed by atoms with E-state index in [0.717, 1.165) is 10.0 Å². The molecule has 0 aliphatic carbocycles. The number of carbonyl (C=O) groups is 1. The topological polar surface area (TPSA) is 38.3 Å². The van der Waals surface area contributed by atoms with Crippen molar-refractivity contribution in [1.29, 1.82) is 0 Å². The van der Waals surface area contributed by atoms with E-state index >= 15 is 0 Å². The van der Waals surface area contributed by atoms with Crippen LogP contribution in [0.1, 0.15) is 5.56 Å². The number of hydrogen-bond donors (Lipinski definition) is 1. The van der Waals surface area contributed by atoms with Gasteiger partial charge in [0.05, 0.1) is 0 Å². The Kier molecular flexibility index (Phi) is 5.04. The highest BCUT2D eigenvalue weighted by Crippen LogP contribution is 2.21. The van der Waals surface area contributed by atoms with Gasteiger partial charge in [-0.3, -0.25) is 4.79 Å². The molecule has 2 aromatic carbocycles. The van der Waals surface area contributed by atoms with E-state index in [2.05, 4.69) is 21.2 Å².